The van der Waals surface area contributed by atoms with Gasteiger partial charge in [-0.2, -0.15) is 0 Å². The molecule has 7 atom stereocenters. The van der Waals surface area contributed by atoms with Gasteiger partial charge in [0, 0.05) is 0 Å². The zero-order valence-electron chi connectivity index (χ0n) is 14.7. The fraction of sp³-hybridized carbons (Fsp3) is 0.750. The van der Waals surface area contributed by atoms with Crippen LogP contribution in [0.4, 0.5) is 4.79 Å². The fourth-order valence-corrected chi connectivity index (χ4v) is 5.11. The van der Waals surface area contributed by atoms with Crippen molar-refractivity contribution in [2.45, 2.75) is 67.8 Å². The quantitative estimate of drug-likeness (QED) is 0.324. The van der Waals surface area contributed by atoms with Crippen molar-refractivity contribution in [3.05, 3.63) is 11.8 Å². The van der Waals surface area contributed by atoms with Gasteiger partial charge in [0.1, 0.15) is 0 Å². The Kier molecular flexibility index (Phi) is 5.86. The van der Waals surface area contributed by atoms with Gasteiger partial charge < -0.3 is 0 Å². The molecule has 0 aliphatic carbocycles. The molecule has 146 valence electrons. The van der Waals surface area contributed by atoms with Crippen LogP contribution in [0.3, 0.4) is 0 Å². The van der Waals surface area contributed by atoms with Crippen LogP contribution in [0.1, 0.15) is 19.8 Å². The summed E-state index contributed by atoms with van der Waals surface area (Å²) in [5, 5.41) is 32.9. The number of ether oxygens (including phenoxy) is 2. The summed E-state index contributed by atoms with van der Waals surface area (Å²) in [6, 6.07) is -0.615. The molecule has 9 nitrogen and oxygen atoms in total. The van der Waals surface area contributed by atoms with Crippen LogP contribution in [0.5, 0.6) is 0 Å². The van der Waals surface area contributed by atoms with Crippen molar-refractivity contribution >= 4 is 26.9 Å². The van der Waals surface area contributed by atoms with Crippen LogP contribution in [0.15, 0.2) is 11.8 Å². The zero-order chi connectivity index (χ0) is 19.1. The summed E-state index contributed by atoms with van der Waals surface area (Å²) in [6.45, 7) is 1.21. The Bertz CT molecular complexity index is 615. The number of hydrogen-bond acceptors (Lipinski definition) is 7. The third kappa shape index (κ3) is 3.25. The molecule has 0 aromatic heterocycles. The molecule has 3 rings (SSSR count). The van der Waals surface area contributed by atoms with Gasteiger partial charge in [0.2, 0.25) is 0 Å². The van der Waals surface area contributed by atoms with Crippen LogP contribution in [0.25, 0.3) is 0 Å². The first-order valence-corrected chi connectivity index (χ1v) is 11.5. The number of hydrogen-bond donors (Lipinski definition) is 4. The number of aliphatic hydroxyl groups is 3. The number of quaternary nitrogens is 1. The Hall–Kier alpha value is -0.841. The molecule has 4 N–H and O–H groups in total. The number of urea groups is 1. The molecule has 0 saturated carbocycles. The number of carbonyl (C=O) groups is 2. The Morgan fingerprint density at radius 2 is 1.77 bits per heavy atom. The monoisotopic (exact) mass is 437 g/mol. The van der Waals surface area contributed by atoms with E-state index in [0.29, 0.717) is 25.8 Å². The van der Waals surface area contributed by atoms with Gasteiger partial charge in [0.25, 0.3) is 0 Å². The maximum absolute atomic E-state index is 12.9. The maximum atomic E-state index is 12.9. The molecule has 2 saturated heterocycles. The summed E-state index contributed by atoms with van der Waals surface area (Å²) in [5.41, 5.74) is 0.330. The molecule has 0 aromatic rings. The first-order chi connectivity index (χ1) is 12.3. The molecule has 3 aliphatic heterocycles. The van der Waals surface area contributed by atoms with Gasteiger partial charge >= 0.3 is 157 Å². The van der Waals surface area contributed by atoms with E-state index in [-0.39, 0.29) is 25.6 Å². The first kappa shape index (κ1) is 19.9. The second-order valence-electron chi connectivity index (χ2n) is 6.91. The van der Waals surface area contributed by atoms with Gasteiger partial charge in [0.15, 0.2) is 0 Å². The van der Waals surface area contributed by atoms with Gasteiger partial charge in [-0.1, -0.05) is 0 Å². The van der Waals surface area contributed by atoms with E-state index in [9.17, 15) is 24.9 Å². The SMILES string of the molecule is C[Se]C[C@@H]1O[C@@H]([N+]2([C@H]3C[C@H](O)[C@@H](CO)O3)C=C(C)C(=O)NC2=O)C[C@@H]1O. The van der Waals surface area contributed by atoms with E-state index in [1.807, 2.05) is 5.82 Å². The van der Waals surface area contributed by atoms with Crippen LogP contribution < -0.4 is 5.32 Å². The first-order valence-electron chi connectivity index (χ1n) is 8.53. The van der Waals surface area contributed by atoms with Gasteiger partial charge in [-0.3, -0.25) is 0 Å². The summed E-state index contributed by atoms with van der Waals surface area (Å²) in [4.78, 5) is 24.8. The number of imide groups is 1. The van der Waals surface area contributed by atoms with Crippen LogP contribution in [-0.2, 0) is 14.3 Å². The van der Waals surface area contributed by atoms with E-state index >= 15 is 0 Å². The second-order valence-corrected chi connectivity index (χ2v) is 8.82. The summed E-state index contributed by atoms with van der Waals surface area (Å²) in [6.07, 6.45) is -2.58. The Morgan fingerprint density at radius 1 is 1.19 bits per heavy atom. The fourth-order valence-electron chi connectivity index (χ4n) is 3.79. The van der Waals surface area contributed by atoms with E-state index in [0.717, 1.165) is 0 Å². The third-order valence-corrected chi connectivity index (χ3v) is 6.60. The van der Waals surface area contributed by atoms with Gasteiger partial charge in [-0.05, 0) is 0 Å². The van der Waals surface area contributed by atoms with Crippen LogP contribution in [0, 0.1) is 0 Å². The van der Waals surface area contributed by atoms with Crippen LogP contribution in [-0.4, -0.2) is 90.2 Å². The summed E-state index contributed by atoms with van der Waals surface area (Å²) in [5.74, 6) is 1.55. The minimum atomic E-state index is -0.930. The summed E-state index contributed by atoms with van der Waals surface area (Å²) in [7, 11) is 0. The molecule has 26 heavy (non-hydrogen) atoms. The van der Waals surface area contributed by atoms with Crippen molar-refractivity contribution < 1.29 is 38.9 Å². The predicted molar refractivity (Wildman–Crippen MR) is 89.6 cm³/mol. The molecular formula is C16H25N2O7Se+. The van der Waals surface area contributed by atoms with Crippen molar-refractivity contribution in [2.75, 3.05) is 6.61 Å². The normalized spacial score (nSPS) is 43.5. The standard InChI is InChI=1S/C16H24N2O7Se/c1-8-5-18(16(23)17-15(8)22,13-3-9(20)11(6-19)24-13)14-4-10(21)12(25-14)7-26-2/h5,9-14,19-21H,3-4,6-7H2,1-2H3/p+1/t9-,10-,11+,12-,13+,14+,18?/m0/s1. The number of carbonyl (C=O) groups excluding carboxylic acids is 2. The molecular weight excluding hydrogens is 411 g/mol. The van der Waals surface area contributed by atoms with E-state index < -0.39 is 47.2 Å². The molecule has 1 unspecified atom stereocenters. The van der Waals surface area contributed by atoms with Crippen molar-refractivity contribution in [3.8, 4) is 0 Å². The van der Waals surface area contributed by atoms with Gasteiger partial charge in [-0.15, -0.1) is 0 Å². The minimum absolute atomic E-state index is 0.106. The van der Waals surface area contributed by atoms with Crippen molar-refractivity contribution in [1.29, 1.82) is 0 Å². The van der Waals surface area contributed by atoms with E-state index in [1.165, 1.54) is 6.20 Å². The van der Waals surface area contributed by atoms with Crippen molar-refractivity contribution in [2.24, 2.45) is 0 Å². The zero-order valence-corrected chi connectivity index (χ0v) is 16.4. The Morgan fingerprint density at radius 3 is 2.31 bits per heavy atom. The van der Waals surface area contributed by atoms with E-state index in [1.54, 1.807) is 6.92 Å². The number of nitrogens with zero attached hydrogens (tertiary/aromatic N) is 1. The van der Waals surface area contributed by atoms with Crippen LogP contribution in [0.2, 0.25) is 11.1 Å². The molecule has 2 fully saturated rings. The van der Waals surface area contributed by atoms with Crippen LogP contribution >= 0.6 is 0 Å². The molecule has 0 spiro atoms. The second kappa shape index (κ2) is 7.65. The summed E-state index contributed by atoms with van der Waals surface area (Å²) >= 11 is 0.291. The van der Waals surface area contributed by atoms with Gasteiger partial charge in [0.05, 0.1) is 0 Å². The molecule has 0 radical (unpaired) electrons. The number of aliphatic hydroxyl groups excluding tert-OH is 3. The number of amides is 3. The molecule has 0 bridgehead atoms. The average molecular weight is 436 g/mol. The van der Waals surface area contributed by atoms with E-state index in [2.05, 4.69) is 5.32 Å². The molecule has 3 heterocycles. The third-order valence-electron chi connectivity index (χ3n) is 5.21. The molecule has 3 aliphatic rings. The molecule has 3 amide bonds. The van der Waals surface area contributed by atoms with E-state index in [4.69, 9.17) is 9.47 Å². The predicted octanol–water partition coefficient (Wildman–Crippen LogP) is -0.928. The molecule has 10 heteroatoms. The topological polar surface area (TPSA) is 125 Å². The average Bonchev–Trinajstić information content (AvgIpc) is 3.15. The number of nitrogens with one attached hydrogen (secondary N) is 1. The van der Waals surface area contributed by atoms with Crippen molar-refractivity contribution in [3.63, 3.8) is 0 Å². The van der Waals surface area contributed by atoms with Gasteiger partial charge in [-0.25, -0.2) is 0 Å². The Balaban J connectivity index is 1.99. The summed E-state index contributed by atoms with van der Waals surface area (Å²) < 4.78 is 11.3. The molecule has 0 aromatic carbocycles. The number of rotatable bonds is 5. The van der Waals surface area contributed by atoms with Crippen molar-refractivity contribution in [1.82, 2.24) is 5.32 Å². The Labute approximate surface area is 157 Å².